The van der Waals surface area contributed by atoms with Gasteiger partial charge in [0.2, 0.25) is 0 Å². The first-order valence-electron chi connectivity index (χ1n) is 6.93. The summed E-state index contributed by atoms with van der Waals surface area (Å²) in [6, 6.07) is 13.6. The largest absolute Gasteiger partial charge is 0.366 e. The smallest absolute Gasteiger partial charge is 0.253 e. The number of rotatable bonds is 4. The summed E-state index contributed by atoms with van der Waals surface area (Å²) in [6.45, 7) is 1.97. The Bertz CT molecular complexity index is 779. The Kier molecular flexibility index (Phi) is 4.32. The standard InChI is InChI=1S/C17H15ClN2OS/c1-11(12-5-3-2-4-6-12)20-17(21)14-10-19-9-13(14)15-7-8-16(18)22-15/h2-11,19H,1H3,(H,20,21). The average molecular weight is 331 g/mol. The monoisotopic (exact) mass is 330 g/mol. The van der Waals surface area contributed by atoms with Crippen LogP contribution in [-0.2, 0) is 0 Å². The lowest BCUT2D eigenvalue weighted by Gasteiger charge is -2.14. The summed E-state index contributed by atoms with van der Waals surface area (Å²) in [5, 5.41) is 3.03. The quantitative estimate of drug-likeness (QED) is 0.703. The Balaban J connectivity index is 1.80. The van der Waals surface area contributed by atoms with Crippen molar-refractivity contribution in [2.45, 2.75) is 13.0 Å². The third-order valence-electron chi connectivity index (χ3n) is 3.48. The van der Waals surface area contributed by atoms with Crippen molar-refractivity contribution >= 4 is 28.8 Å². The van der Waals surface area contributed by atoms with Crippen molar-refractivity contribution in [1.82, 2.24) is 10.3 Å². The van der Waals surface area contributed by atoms with E-state index in [1.165, 1.54) is 11.3 Å². The molecule has 0 aliphatic heterocycles. The minimum atomic E-state index is -0.0999. The molecular weight excluding hydrogens is 316 g/mol. The highest BCUT2D eigenvalue weighted by Crippen LogP contribution is 2.33. The Morgan fingerprint density at radius 1 is 1.18 bits per heavy atom. The van der Waals surface area contributed by atoms with Gasteiger partial charge < -0.3 is 10.3 Å². The second kappa shape index (κ2) is 6.38. The zero-order valence-corrected chi connectivity index (χ0v) is 13.5. The van der Waals surface area contributed by atoms with Crippen LogP contribution in [0.25, 0.3) is 10.4 Å². The fourth-order valence-corrected chi connectivity index (χ4v) is 3.39. The van der Waals surface area contributed by atoms with Gasteiger partial charge in [0, 0.05) is 22.8 Å². The number of hydrogen-bond acceptors (Lipinski definition) is 2. The molecule has 2 aromatic heterocycles. The minimum Gasteiger partial charge on any atom is -0.366 e. The Labute approximate surface area is 138 Å². The fraction of sp³-hybridized carbons (Fsp3) is 0.118. The van der Waals surface area contributed by atoms with Gasteiger partial charge in [0.1, 0.15) is 0 Å². The number of halogens is 1. The number of H-pyrrole nitrogens is 1. The van der Waals surface area contributed by atoms with Crippen LogP contribution in [-0.4, -0.2) is 10.9 Å². The van der Waals surface area contributed by atoms with E-state index in [0.717, 1.165) is 16.0 Å². The molecule has 3 nitrogen and oxygen atoms in total. The van der Waals surface area contributed by atoms with E-state index in [9.17, 15) is 4.79 Å². The van der Waals surface area contributed by atoms with Crippen molar-refractivity contribution in [3.63, 3.8) is 0 Å². The van der Waals surface area contributed by atoms with Crippen molar-refractivity contribution < 1.29 is 4.79 Å². The van der Waals surface area contributed by atoms with Crippen LogP contribution in [0.5, 0.6) is 0 Å². The third-order valence-corrected chi connectivity index (χ3v) is 4.74. The average Bonchev–Trinajstić information content (AvgIpc) is 3.16. The van der Waals surface area contributed by atoms with E-state index < -0.39 is 0 Å². The summed E-state index contributed by atoms with van der Waals surface area (Å²) >= 11 is 7.44. The van der Waals surface area contributed by atoms with Crippen LogP contribution in [0.1, 0.15) is 28.9 Å². The molecule has 0 spiro atoms. The lowest BCUT2D eigenvalue weighted by atomic mass is 10.1. The van der Waals surface area contributed by atoms with Crippen molar-refractivity contribution in [1.29, 1.82) is 0 Å². The van der Waals surface area contributed by atoms with E-state index in [1.54, 1.807) is 6.20 Å². The first-order valence-corrected chi connectivity index (χ1v) is 8.13. The maximum absolute atomic E-state index is 12.5. The third kappa shape index (κ3) is 3.08. The van der Waals surface area contributed by atoms with Gasteiger partial charge >= 0.3 is 0 Å². The van der Waals surface area contributed by atoms with Gasteiger partial charge in [-0.05, 0) is 24.6 Å². The Morgan fingerprint density at radius 3 is 2.64 bits per heavy atom. The zero-order valence-electron chi connectivity index (χ0n) is 12.0. The molecular formula is C17H15ClN2OS. The number of thiophene rings is 1. The number of carbonyl (C=O) groups excluding carboxylic acids is 1. The Hall–Kier alpha value is -2.04. The summed E-state index contributed by atoms with van der Waals surface area (Å²) in [4.78, 5) is 16.5. The molecule has 0 bridgehead atoms. The number of amides is 1. The molecule has 0 radical (unpaired) electrons. The molecule has 5 heteroatoms. The number of nitrogens with one attached hydrogen (secondary N) is 2. The molecule has 0 saturated carbocycles. The molecule has 3 aromatic rings. The molecule has 22 heavy (non-hydrogen) atoms. The predicted molar refractivity (Wildman–Crippen MR) is 91.4 cm³/mol. The van der Waals surface area contributed by atoms with Gasteiger partial charge in [-0.3, -0.25) is 4.79 Å². The van der Waals surface area contributed by atoms with Gasteiger partial charge in [-0.2, -0.15) is 0 Å². The van der Waals surface area contributed by atoms with Crippen molar-refractivity contribution in [3.8, 4) is 10.4 Å². The molecule has 0 aliphatic rings. The van der Waals surface area contributed by atoms with Gasteiger partial charge in [-0.15, -0.1) is 11.3 Å². The SMILES string of the molecule is CC(NC(=O)c1c[nH]cc1-c1ccc(Cl)s1)c1ccccc1. The highest BCUT2D eigenvalue weighted by molar-refractivity contribution is 7.19. The van der Waals surface area contributed by atoms with Crippen LogP contribution in [0, 0.1) is 0 Å². The summed E-state index contributed by atoms with van der Waals surface area (Å²) in [5.41, 5.74) is 2.57. The number of hydrogen-bond donors (Lipinski definition) is 2. The molecule has 0 aliphatic carbocycles. The van der Waals surface area contributed by atoms with E-state index in [-0.39, 0.29) is 11.9 Å². The Morgan fingerprint density at radius 2 is 1.95 bits per heavy atom. The minimum absolute atomic E-state index is 0.0524. The summed E-state index contributed by atoms with van der Waals surface area (Å²) < 4.78 is 0.709. The number of aromatic nitrogens is 1. The van der Waals surface area contributed by atoms with E-state index in [4.69, 9.17) is 11.6 Å². The molecule has 112 valence electrons. The van der Waals surface area contributed by atoms with Gasteiger partial charge in [-0.25, -0.2) is 0 Å². The number of carbonyl (C=O) groups is 1. The first-order chi connectivity index (χ1) is 10.6. The maximum Gasteiger partial charge on any atom is 0.253 e. The molecule has 2 heterocycles. The van der Waals surface area contributed by atoms with Crippen molar-refractivity contribution in [2.75, 3.05) is 0 Å². The van der Waals surface area contributed by atoms with Gasteiger partial charge in [-0.1, -0.05) is 41.9 Å². The second-order valence-corrected chi connectivity index (χ2v) is 6.71. The molecule has 0 saturated heterocycles. The molecule has 1 amide bonds. The first kappa shape index (κ1) is 14.9. The van der Waals surface area contributed by atoms with Crippen molar-refractivity contribution in [3.05, 3.63) is 70.3 Å². The van der Waals surface area contributed by atoms with Gasteiger partial charge in [0.15, 0.2) is 0 Å². The lowest BCUT2D eigenvalue weighted by molar-refractivity contribution is 0.0940. The van der Waals surface area contributed by atoms with E-state index >= 15 is 0 Å². The van der Waals surface area contributed by atoms with Crippen molar-refractivity contribution in [2.24, 2.45) is 0 Å². The molecule has 3 rings (SSSR count). The highest BCUT2D eigenvalue weighted by Gasteiger charge is 2.17. The van der Waals surface area contributed by atoms with E-state index in [1.807, 2.05) is 55.6 Å². The zero-order chi connectivity index (χ0) is 15.5. The summed E-state index contributed by atoms with van der Waals surface area (Å²) in [6.07, 6.45) is 3.54. The summed E-state index contributed by atoms with van der Waals surface area (Å²) in [5.74, 6) is -0.0999. The second-order valence-electron chi connectivity index (χ2n) is 4.99. The van der Waals surface area contributed by atoms with Crippen LogP contribution >= 0.6 is 22.9 Å². The van der Waals surface area contributed by atoms with Crippen LogP contribution in [0.15, 0.2) is 54.9 Å². The molecule has 1 aromatic carbocycles. The normalized spacial score (nSPS) is 12.1. The highest BCUT2D eigenvalue weighted by atomic mass is 35.5. The summed E-state index contributed by atoms with van der Waals surface area (Å²) in [7, 11) is 0. The lowest BCUT2D eigenvalue weighted by Crippen LogP contribution is -2.26. The van der Waals surface area contributed by atoms with Crippen LogP contribution in [0.3, 0.4) is 0 Å². The van der Waals surface area contributed by atoms with Crippen LogP contribution in [0.4, 0.5) is 0 Å². The van der Waals surface area contributed by atoms with E-state index in [2.05, 4.69) is 10.3 Å². The molecule has 2 N–H and O–H groups in total. The number of benzene rings is 1. The fourth-order valence-electron chi connectivity index (χ4n) is 2.31. The van der Waals surface area contributed by atoms with Gasteiger partial charge in [0.25, 0.3) is 5.91 Å². The number of aromatic amines is 1. The molecule has 0 fully saturated rings. The van der Waals surface area contributed by atoms with Crippen LogP contribution < -0.4 is 5.32 Å². The topological polar surface area (TPSA) is 44.9 Å². The van der Waals surface area contributed by atoms with E-state index in [0.29, 0.717) is 9.90 Å². The molecule has 1 atom stereocenters. The van der Waals surface area contributed by atoms with Gasteiger partial charge in [0.05, 0.1) is 15.9 Å². The predicted octanol–water partition coefficient (Wildman–Crippen LogP) is 4.89. The van der Waals surface area contributed by atoms with Crippen LogP contribution in [0.2, 0.25) is 4.34 Å². The molecule has 1 unspecified atom stereocenters. The maximum atomic E-state index is 12.5.